The van der Waals surface area contributed by atoms with Crippen LogP contribution in [-0.2, 0) is 28.6 Å². The lowest BCUT2D eigenvalue weighted by Crippen LogP contribution is -2.39. The highest BCUT2D eigenvalue weighted by Gasteiger charge is 2.54. The Morgan fingerprint density at radius 1 is 0.583 bits per heavy atom. The van der Waals surface area contributed by atoms with E-state index >= 15 is 0 Å². The lowest BCUT2D eigenvalue weighted by atomic mass is 9.64. The summed E-state index contributed by atoms with van der Waals surface area (Å²) >= 11 is 0. The molecule has 0 spiro atoms. The second kappa shape index (κ2) is 8.83. The van der Waals surface area contributed by atoms with Gasteiger partial charge < -0.3 is 8.37 Å². The van der Waals surface area contributed by atoms with E-state index in [1.807, 2.05) is 0 Å². The van der Waals surface area contributed by atoms with Crippen molar-refractivity contribution in [3.05, 3.63) is 95.6 Å². The summed E-state index contributed by atoms with van der Waals surface area (Å²) in [5.41, 5.74) is -10.6. The number of allylic oxidation sites excluding steroid dienone is 16. The topological polar surface area (TPSA) is 86.7 Å². The lowest BCUT2D eigenvalue weighted by Gasteiger charge is -2.42. The van der Waals surface area contributed by atoms with E-state index in [1.54, 1.807) is 24.3 Å². The average molecular weight is 554 g/mol. The van der Waals surface area contributed by atoms with Crippen molar-refractivity contribution in [2.24, 2.45) is 23.7 Å². The first kappa shape index (κ1) is 26.1. The van der Waals surface area contributed by atoms with Gasteiger partial charge in [0.1, 0.15) is 11.5 Å². The summed E-state index contributed by atoms with van der Waals surface area (Å²) in [6.07, 6.45) is 17.0. The fourth-order valence-electron chi connectivity index (χ4n) is 4.38. The van der Waals surface area contributed by atoms with Crippen molar-refractivity contribution in [1.29, 1.82) is 0 Å². The first-order valence-corrected chi connectivity index (χ1v) is 13.0. The van der Waals surface area contributed by atoms with E-state index in [0.717, 1.165) is 12.2 Å². The van der Waals surface area contributed by atoms with Crippen LogP contribution in [0.5, 0.6) is 0 Å². The molecule has 14 heteroatoms. The van der Waals surface area contributed by atoms with Crippen molar-refractivity contribution in [3.8, 4) is 0 Å². The van der Waals surface area contributed by atoms with Gasteiger partial charge >= 0.3 is 31.3 Å². The third kappa shape index (κ3) is 4.71. The van der Waals surface area contributed by atoms with E-state index in [9.17, 15) is 43.2 Å². The van der Waals surface area contributed by atoms with Gasteiger partial charge in [0.2, 0.25) is 0 Å². The Hall–Kier alpha value is -3.00. The van der Waals surface area contributed by atoms with Crippen LogP contribution in [0.15, 0.2) is 95.6 Å². The van der Waals surface area contributed by atoms with E-state index in [-0.39, 0.29) is 0 Å². The summed E-state index contributed by atoms with van der Waals surface area (Å²) in [6.45, 7) is 0. The van der Waals surface area contributed by atoms with Gasteiger partial charge in [0.05, 0.1) is 0 Å². The van der Waals surface area contributed by atoms with Gasteiger partial charge in [-0.05, 0) is 23.3 Å². The molecule has 0 amide bonds. The van der Waals surface area contributed by atoms with Crippen LogP contribution in [0.3, 0.4) is 0 Å². The molecule has 0 aliphatic heterocycles. The molecule has 6 nitrogen and oxygen atoms in total. The predicted octanol–water partition coefficient (Wildman–Crippen LogP) is 5.08. The second-order valence-corrected chi connectivity index (χ2v) is 11.1. The number of hydrogen-bond acceptors (Lipinski definition) is 6. The molecule has 0 N–H and O–H groups in total. The summed E-state index contributed by atoms with van der Waals surface area (Å²) in [7, 11) is -12.3. The van der Waals surface area contributed by atoms with Crippen molar-refractivity contribution in [2.75, 3.05) is 0 Å². The Balaban J connectivity index is 1.86. The summed E-state index contributed by atoms with van der Waals surface area (Å²) in [5.74, 6) is -5.97. The summed E-state index contributed by atoms with van der Waals surface area (Å²) in [6, 6.07) is 0. The quantitative estimate of drug-likeness (QED) is 0.268. The Labute approximate surface area is 202 Å². The molecule has 0 aromatic rings. The van der Waals surface area contributed by atoms with Crippen molar-refractivity contribution in [1.82, 2.24) is 0 Å². The van der Waals surface area contributed by atoms with E-state index in [0.29, 0.717) is 11.1 Å². The standard InChI is InChI=1S/C22H16F6O6S2/c23-21(24,25)35(29,30)33-17-11-9-13-5-1-3-7-15(13)19(17)20-16-8-4-2-6-14(16)10-12-18(20)34-36(31,32)22(26,27)28/h1-12,15-16,19-20H/t15-,16+,19-,20-/m0/s1. The Morgan fingerprint density at radius 2 is 0.944 bits per heavy atom. The molecular formula is C22H16F6O6S2. The second-order valence-electron chi connectivity index (χ2n) is 8.03. The maximum Gasteiger partial charge on any atom is 0.534 e. The fourth-order valence-corrected chi connectivity index (χ4v) is 5.41. The largest absolute Gasteiger partial charge is 0.534 e. The van der Waals surface area contributed by atoms with Crippen LogP contribution < -0.4 is 0 Å². The molecule has 0 bridgehead atoms. The zero-order valence-electron chi connectivity index (χ0n) is 17.8. The Bertz CT molecular complexity index is 1300. The molecule has 0 radical (unpaired) electrons. The van der Waals surface area contributed by atoms with Crippen LogP contribution >= 0.6 is 0 Å². The smallest absolute Gasteiger partial charge is 0.380 e. The van der Waals surface area contributed by atoms with Crippen LogP contribution in [0.25, 0.3) is 0 Å². The van der Waals surface area contributed by atoms with Gasteiger partial charge in [-0.3, -0.25) is 0 Å². The summed E-state index contributed by atoms with van der Waals surface area (Å²) < 4.78 is 135. The van der Waals surface area contributed by atoms with Gasteiger partial charge in [-0.1, -0.05) is 60.8 Å². The highest BCUT2D eigenvalue weighted by Crippen LogP contribution is 2.51. The molecule has 4 rings (SSSR count). The van der Waals surface area contributed by atoms with Crippen LogP contribution in [0.2, 0.25) is 0 Å². The van der Waals surface area contributed by atoms with Crippen molar-refractivity contribution in [3.63, 3.8) is 0 Å². The molecule has 0 fully saturated rings. The molecule has 0 unspecified atom stereocenters. The molecule has 0 heterocycles. The van der Waals surface area contributed by atoms with Crippen LogP contribution in [0, 0.1) is 23.7 Å². The molecule has 4 aliphatic carbocycles. The molecule has 4 atom stereocenters. The number of rotatable bonds is 5. The normalized spacial score (nSPS) is 27.8. The van der Waals surface area contributed by atoms with Crippen molar-refractivity contribution < 1.29 is 51.5 Å². The summed E-state index contributed by atoms with van der Waals surface area (Å²) in [5, 5.41) is 0. The number of fused-ring (bicyclic) bond motifs is 2. The van der Waals surface area contributed by atoms with E-state index in [2.05, 4.69) is 8.37 Å². The molecule has 0 saturated heterocycles. The first-order chi connectivity index (χ1) is 16.6. The minimum atomic E-state index is -6.16. The molecule has 0 aromatic heterocycles. The van der Waals surface area contributed by atoms with Crippen LogP contribution in [0.4, 0.5) is 26.3 Å². The van der Waals surface area contributed by atoms with Gasteiger partial charge in [-0.2, -0.15) is 43.2 Å². The average Bonchev–Trinajstić information content (AvgIpc) is 2.77. The molecule has 0 aromatic carbocycles. The van der Waals surface area contributed by atoms with Crippen molar-refractivity contribution in [2.45, 2.75) is 11.0 Å². The zero-order chi connectivity index (χ0) is 26.5. The first-order valence-electron chi connectivity index (χ1n) is 10.2. The van der Waals surface area contributed by atoms with Crippen LogP contribution in [-0.4, -0.2) is 27.9 Å². The van der Waals surface area contributed by atoms with Gasteiger partial charge in [-0.25, -0.2) is 0 Å². The minimum Gasteiger partial charge on any atom is -0.380 e. The predicted molar refractivity (Wildman–Crippen MR) is 115 cm³/mol. The molecule has 36 heavy (non-hydrogen) atoms. The van der Waals surface area contributed by atoms with E-state index < -0.39 is 66.4 Å². The van der Waals surface area contributed by atoms with Gasteiger partial charge in [0, 0.05) is 23.7 Å². The molecule has 194 valence electrons. The highest BCUT2D eigenvalue weighted by atomic mass is 32.2. The summed E-state index contributed by atoms with van der Waals surface area (Å²) in [4.78, 5) is 0. The van der Waals surface area contributed by atoms with E-state index in [4.69, 9.17) is 0 Å². The Kier molecular flexibility index (Phi) is 6.40. The lowest BCUT2D eigenvalue weighted by molar-refractivity contribution is -0.0546. The number of alkyl halides is 6. The molecule has 0 saturated carbocycles. The van der Waals surface area contributed by atoms with Crippen LogP contribution in [0.1, 0.15) is 0 Å². The SMILES string of the molecule is O=S(=O)(OC1=CC=C2C=CC=C[C@H]2[C@@H]1[C@@H]1C(OS(=O)(=O)C(F)(F)F)=CC=C2C=CC=C[C@@H]21)C(F)(F)F. The minimum absolute atomic E-state index is 0.490. The highest BCUT2D eigenvalue weighted by molar-refractivity contribution is 7.88. The molecule has 4 aliphatic rings. The maximum atomic E-state index is 13.1. The zero-order valence-corrected chi connectivity index (χ0v) is 19.4. The third-order valence-electron chi connectivity index (χ3n) is 5.88. The molecular weight excluding hydrogens is 538 g/mol. The van der Waals surface area contributed by atoms with Crippen molar-refractivity contribution >= 4 is 20.2 Å². The van der Waals surface area contributed by atoms with Gasteiger partial charge in [0.15, 0.2) is 0 Å². The van der Waals surface area contributed by atoms with Gasteiger partial charge in [0.25, 0.3) is 0 Å². The number of halogens is 6. The number of hydrogen-bond donors (Lipinski definition) is 0. The van der Waals surface area contributed by atoms with Gasteiger partial charge in [-0.15, -0.1) is 0 Å². The monoisotopic (exact) mass is 554 g/mol. The van der Waals surface area contributed by atoms with E-state index in [1.165, 1.54) is 36.5 Å². The fraction of sp³-hybridized carbons (Fsp3) is 0.273. The Morgan fingerprint density at radius 3 is 1.28 bits per heavy atom. The maximum absolute atomic E-state index is 13.1. The third-order valence-corrected chi connectivity index (χ3v) is 7.84.